The molecule has 130 valence electrons. The number of carbonyl (C=O) groups is 2. The monoisotopic (exact) mass is 356 g/mol. The summed E-state index contributed by atoms with van der Waals surface area (Å²) in [5.41, 5.74) is 2.22. The van der Waals surface area contributed by atoms with Crippen molar-refractivity contribution in [2.45, 2.75) is 19.1 Å². The molecular formula is C19H20N2O3S. The Balaban J connectivity index is 1.76. The van der Waals surface area contributed by atoms with Crippen molar-refractivity contribution in [2.24, 2.45) is 0 Å². The fourth-order valence-electron chi connectivity index (χ4n) is 2.87. The number of rotatable bonds is 4. The number of benzene rings is 1. The summed E-state index contributed by atoms with van der Waals surface area (Å²) in [6.07, 6.45) is 1.05. The van der Waals surface area contributed by atoms with E-state index in [9.17, 15) is 9.59 Å². The van der Waals surface area contributed by atoms with E-state index >= 15 is 0 Å². The average molecular weight is 356 g/mol. The minimum atomic E-state index is -0.304. The SMILES string of the molecule is C=CC(=O)Nc1cccc(C(=O)N2CC(C)OC(c3ccsc3)C2)c1. The highest BCUT2D eigenvalue weighted by molar-refractivity contribution is 7.07. The van der Waals surface area contributed by atoms with Crippen molar-refractivity contribution < 1.29 is 14.3 Å². The first-order valence-corrected chi connectivity index (χ1v) is 9.01. The third kappa shape index (κ3) is 4.15. The Bertz CT molecular complexity index is 773. The van der Waals surface area contributed by atoms with Gasteiger partial charge >= 0.3 is 0 Å². The highest BCUT2D eigenvalue weighted by atomic mass is 32.1. The van der Waals surface area contributed by atoms with Crippen LogP contribution in [-0.2, 0) is 9.53 Å². The van der Waals surface area contributed by atoms with Gasteiger partial charge in [0.2, 0.25) is 5.91 Å². The lowest BCUT2D eigenvalue weighted by Crippen LogP contribution is -2.45. The van der Waals surface area contributed by atoms with E-state index < -0.39 is 0 Å². The summed E-state index contributed by atoms with van der Waals surface area (Å²) >= 11 is 1.62. The molecule has 1 fully saturated rings. The van der Waals surface area contributed by atoms with Gasteiger partial charge in [-0.05, 0) is 53.6 Å². The number of nitrogens with one attached hydrogen (secondary N) is 1. The van der Waals surface area contributed by atoms with Crippen LogP contribution >= 0.6 is 11.3 Å². The second-order valence-corrected chi connectivity index (χ2v) is 6.76. The second kappa shape index (κ2) is 7.63. The largest absolute Gasteiger partial charge is 0.367 e. The predicted octanol–water partition coefficient (Wildman–Crippen LogP) is 3.47. The van der Waals surface area contributed by atoms with Crippen LogP contribution in [0.5, 0.6) is 0 Å². The summed E-state index contributed by atoms with van der Waals surface area (Å²) in [5.74, 6) is -0.368. The zero-order chi connectivity index (χ0) is 17.8. The quantitative estimate of drug-likeness (QED) is 0.854. The van der Waals surface area contributed by atoms with Gasteiger partial charge in [-0.25, -0.2) is 0 Å². The molecule has 3 rings (SSSR count). The van der Waals surface area contributed by atoms with E-state index in [2.05, 4.69) is 17.3 Å². The molecule has 2 aromatic rings. The number of anilines is 1. The first kappa shape index (κ1) is 17.4. The molecule has 0 radical (unpaired) electrons. The fourth-order valence-corrected chi connectivity index (χ4v) is 3.57. The van der Waals surface area contributed by atoms with Crippen LogP contribution in [0, 0.1) is 0 Å². The Labute approximate surface area is 150 Å². The van der Waals surface area contributed by atoms with Gasteiger partial charge in [0.1, 0.15) is 6.10 Å². The predicted molar refractivity (Wildman–Crippen MR) is 98.8 cm³/mol. The van der Waals surface area contributed by atoms with Crippen LogP contribution in [0.2, 0.25) is 0 Å². The molecule has 0 aliphatic carbocycles. The number of thiophene rings is 1. The number of hydrogen-bond donors (Lipinski definition) is 1. The molecule has 2 atom stereocenters. The zero-order valence-electron chi connectivity index (χ0n) is 14.0. The van der Waals surface area contributed by atoms with Gasteiger partial charge in [-0.15, -0.1) is 0 Å². The molecule has 1 aliphatic rings. The van der Waals surface area contributed by atoms with Gasteiger partial charge in [-0.2, -0.15) is 11.3 Å². The maximum absolute atomic E-state index is 12.9. The average Bonchev–Trinajstić information content (AvgIpc) is 3.15. The normalized spacial score (nSPS) is 20.1. The molecule has 1 N–H and O–H groups in total. The molecule has 6 heteroatoms. The summed E-state index contributed by atoms with van der Waals surface area (Å²) in [6.45, 7) is 6.46. The van der Waals surface area contributed by atoms with Crippen molar-refractivity contribution in [1.29, 1.82) is 0 Å². The highest BCUT2D eigenvalue weighted by Gasteiger charge is 2.30. The van der Waals surface area contributed by atoms with Gasteiger partial charge in [0, 0.05) is 17.8 Å². The van der Waals surface area contributed by atoms with Crippen LogP contribution in [0.15, 0.2) is 53.7 Å². The molecule has 0 bridgehead atoms. The van der Waals surface area contributed by atoms with Crippen molar-refractivity contribution in [3.05, 3.63) is 64.9 Å². The molecule has 0 spiro atoms. The summed E-state index contributed by atoms with van der Waals surface area (Å²) < 4.78 is 5.98. The zero-order valence-corrected chi connectivity index (χ0v) is 14.8. The Kier molecular flexibility index (Phi) is 5.31. The molecule has 25 heavy (non-hydrogen) atoms. The minimum absolute atomic E-state index is 0.0359. The maximum atomic E-state index is 12.9. The van der Waals surface area contributed by atoms with Gasteiger partial charge in [-0.1, -0.05) is 12.6 Å². The Morgan fingerprint density at radius 2 is 2.20 bits per heavy atom. The Morgan fingerprint density at radius 1 is 1.36 bits per heavy atom. The van der Waals surface area contributed by atoms with E-state index in [4.69, 9.17) is 4.74 Å². The van der Waals surface area contributed by atoms with E-state index in [1.807, 2.05) is 23.3 Å². The second-order valence-electron chi connectivity index (χ2n) is 5.98. The van der Waals surface area contributed by atoms with Crippen LogP contribution in [-0.4, -0.2) is 35.9 Å². The third-order valence-corrected chi connectivity index (χ3v) is 4.73. The van der Waals surface area contributed by atoms with Gasteiger partial charge < -0.3 is 15.0 Å². The topological polar surface area (TPSA) is 58.6 Å². The third-order valence-electron chi connectivity index (χ3n) is 4.02. The van der Waals surface area contributed by atoms with Gasteiger partial charge in [0.25, 0.3) is 5.91 Å². The van der Waals surface area contributed by atoms with Crippen LogP contribution < -0.4 is 5.32 Å². The number of amides is 2. The smallest absolute Gasteiger partial charge is 0.254 e. The summed E-state index contributed by atoms with van der Waals surface area (Å²) in [7, 11) is 0. The van der Waals surface area contributed by atoms with E-state index in [1.165, 1.54) is 6.08 Å². The molecule has 5 nitrogen and oxygen atoms in total. The fraction of sp³-hybridized carbons (Fsp3) is 0.263. The van der Waals surface area contributed by atoms with Crippen LogP contribution in [0.4, 0.5) is 5.69 Å². The molecule has 2 amide bonds. The Hall–Kier alpha value is -2.44. The summed E-state index contributed by atoms with van der Waals surface area (Å²) in [5, 5.41) is 6.74. The molecule has 1 aliphatic heterocycles. The van der Waals surface area contributed by atoms with Crippen molar-refractivity contribution in [2.75, 3.05) is 18.4 Å². The molecule has 1 saturated heterocycles. The Morgan fingerprint density at radius 3 is 2.92 bits per heavy atom. The minimum Gasteiger partial charge on any atom is -0.367 e. The van der Waals surface area contributed by atoms with E-state index in [0.29, 0.717) is 24.3 Å². The number of carbonyl (C=O) groups excluding carboxylic acids is 2. The number of morpholine rings is 1. The van der Waals surface area contributed by atoms with E-state index in [-0.39, 0.29) is 24.0 Å². The van der Waals surface area contributed by atoms with Crippen LogP contribution in [0.3, 0.4) is 0 Å². The lowest BCUT2D eigenvalue weighted by atomic mass is 10.1. The van der Waals surface area contributed by atoms with Gasteiger partial charge in [0.05, 0.1) is 12.6 Å². The summed E-state index contributed by atoms with van der Waals surface area (Å²) in [4.78, 5) is 26.2. The standard InChI is InChI=1S/C19H20N2O3S/c1-3-18(22)20-16-6-4-5-14(9-16)19(23)21-10-13(2)24-17(11-21)15-7-8-25-12-15/h3-9,12-13,17H,1,10-11H2,2H3,(H,20,22). The highest BCUT2D eigenvalue weighted by Crippen LogP contribution is 2.28. The van der Waals surface area contributed by atoms with Crippen molar-refractivity contribution in [3.63, 3.8) is 0 Å². The maximum Gasteiger partial charge on any atom is 0.254 e. The van der Waals surface area contributed by atoms with E-state index in [0.717, 1.165) is 5.56 Å². The lowest BCUT2D eigenvalue weighted by Gasteiger charge is -2.36. The van der Waals surface area contributed by atoms with Gasteiger partial charge in [-0.3, -0.25) is 9.59 Å². The first-order chi connectivity index (χ1) is 12.1. The molecule has 0 saturated carbocycles. The van der Waals surface area contributed by atoms with E-state index in [1.54, 1.807) is 35.6 Å². The number of nitrogens with zero attached hydrogens (tertiary/aromatic N) is 1. The van der Waals surface area contributed by atoms with Crippen molar-refractivity contribution in [1.82, 2.24) is 4.90 Å². The first-order valence-electron chi connectivity index (χ1n) is 8.07. The van der Waals surface area contributed by atoms with Crippen LogP contribution in [0.25, 0.3) is 0 Å². The molecule has 2 unspecified atom stereocenters. The van der Waals surface area contributed by atoms with Crippen LogP contribution in [0.1, 0.15) is 28.9 Å². The summed E-state index contributed by atoms with van der Waals surface area (Å²) in [6, 6.07) is 8.97. The number of hydrogen-bond acceptors (Lipinski definition) is 4. The molecule has 1 aromatic heterocycles. The van der Waals surface area contributed by atoms with Gasteiger partial charge in [0.15, 0.2) is 0 Å². The molecule has 2 heterocycles. The van der Waals surface area contributed by atoms with Crippen molar-refractivity contribution >= 4 is 28.8 Å². The van der Waals surface area contributed by atoms with Crippen molar-refractivity contribution in [3.8, 4) is 0 Å². The number of ether oxygens (including phenoxy) is 1. The molecule has 1 aromatic carbocycles. The lowest BCUT2D eigenvalue weighted by molar-refractivity contribution is -0.111. The molecular weight excluding hydrogens is 336 g/mol.